The molecule has 172 valence electrons. The van der Waals surface area contributed by atoms with Crippen molar-refractivity contribution in [2.75, 3.05) is 11.9 Å². The molecule has 0 spiro atoms. The van der Waals surface area contributed by atoms with Crippen LogP contribution in [0.1, 0.15) is 37.8 Å². The van der Waals surface area contributed by atoms with E-state index in [4.69, 9.17) is 9.47 Å². The summed E-state index contributed by atoms with van der Waals surface area (Å²) in [5, 5.41) is 17.1. The smallest absolute Gasteiger partial charge is 0.407 e. The van der Waals surface area contributed by atoms with Gasteiger partial charge in [-0.25, -0.2) is 14.3 Å². The maximum absolute atomic E-state index is 12.3. The van der Waals surface area contributed by atoms with Gasteiger partial charge in [-0.2, -0.15) is 19.0 Å². The van der Waals surface area contributed by atoms with Crippen molar-refractivity contribution in [3.63, 3.8) is 0 Å². The highest BCUT2D eigenvalue weighted by atomic mass is 19.3. The van der Waals surface area contributed by atoms with Crippen LogP contribution in [0.15, 0.2) is 24.5 Å². The number of halogens is 2. The molecule has 1 aliphatic rings. The third-order valence-electron chi connectivity index (χ3n) is 4.63. The summed E-state index contributed by atoms with van der Waals surface area (Å²) in [6, 6.07) is 3.36. The molecule has 0 aromatic carbocycles. The van der Waals surface area contributed by atoms with E-state index in [1.165, 1.54) is 10.7 Å². The summed E-state index contributed by atoms with van der Waals surface area (Å²) in [6.45, 7) is 0.809. The fraction of sp³-hybridized carbons (Fsp3) is 0.474. The van der Waals surface area contributed by atoms with Crippen molar-refractivity contribution in [2.24, 2.45) is 0 Å². The van der Waals surface area contributed by atoms with Gasteiger partial charge in [-0.05, 0) is 19.9 Å². The molecule has 13 heteroatoms. The van der Waals surface area contributed by atoms with Crippen molar-refractivity contribution in [1.29, 1.82) is 0 Å². The minimum Gasteiger partial charge on any atom is -0.444 e. The fourth-order valence-electron chi connectivity index (χ4n) is 3.29. The Kier molecular flexibility index (Phi) is 6.46. The van der Waals surface area contributed by atoms with Gasteiger partial charge in [0.1, 0.15) is 17.7 Å². The first-order valence-corrected chi connectivity index (χ1v) is 10.0. The van der Waals surface area contributed by atoms with Gasteiger partial charge in [0.25, 0.3) is 0 Å². The fourth-order valence-corrected chi connectivity index (χ4v) is 3.29. The highest BCUT2D eigenvalue weighted by Gasteiger charge is 2.31. The number of aromatic amines is 1. The predicted molar refractivity (Wildman–Crippen MR) is 108 cm³/mol. The molecule has 1 aliphatic heterocycles. The lowest BCUT2D eigenvalue weighted by atomic mass is 10.1. The average molecular weight is 451 g/mol. The molecule has 3 N–H and O–H groups in total. The lowest BCUT2D eigenvalue weighted by Gasteiger charge is -2.13. The predicted octanol–water partition coefficient (Wildman–Crippen LogP) is 2.90. The zero-order valence-electron chi connectivity index (χ0n) is 17.4. The summed E-state index contributed by atoms with van der Waals surface area (Å²) >= 11 is 0. The number of hydrogen-bond donors (Lipinski definition) is 3. The van der Waals surface area contributed by atoms with Gasteiger partial charge in [0.05, 0.1) is 24.6 Å². The second-order valence-corrected chi connectivity index (χ2v) is 7.53. The normalized spacial score (nSPS) is 18.6. The van der Waals surface area contributed by atoms with Crippen LogP contribution in [-0.2, 0) is 20.8 Å². The molecule has 2 atom stereocenters. The number of fused-ring (bicyclic) bond motifs is 1. The number of H-pyrrole nitrogens is 1. The number of alkyl carbamates (subject to hydrolysis) is 1. The standard InChI is InChI=1S/C19H23F2N7O4/c1-10(2)23-19(29)32-12-6-15(30-9-12)13-7-16(26-25-13)24-17-14-5-11(8-31-18(20)21)27-28(14)4-3-22-17/h3-5,7,10,12,15,18H,6,8-9H2,1-2H3,(H,23,29)(H2,22,24,25,26). The highest BCUT2D eigenvalue weighted by Crippen LogP contribution is 2.31. The number of anilines is 2. The second kappa shape index (κ2) is 9.44. The van der Waals surface area contributed by atoms with E-state index in [0.717, 1.165) is 0 Å². The topological polar surface area (TPSA) is 128 Å². The number of aromatic nitrogens is 5. The Morgan fingerprint density at radius 3 is 3.03 bits per heavy atom. The van der Waals surface area contributed by atoms with E-state index in [0.29, 0.717) is 35.0 Å². The van der Waals surface area contributed by atoms with Crippen molar-refractivity contribution in [2.45, 2.75) is 51.7 Å². The van der Waals surface area contributed by atoms with Crippen LogP contribution >= 0.6 is 0 Å². The van der Waals surface area contributed by atoms with E-state index in [2.05, 4.69) is 35.7 Å². The molecular weight excluding hydrogens is 428 g/mol. The molecule has 1 amide bonds. The van der Waals surface area contributed by atoms with Crippen LogP contribution < -0.4 is 10.6 Å². The lowest BCUT2D eigenvalue weighted by molar-refractivity contribution is -0.137. The Balaban J connectivity index is 1.39. The summed E-state index contributed by atoms with van der Waals surface area (Å²) in [4.78, 5) is 16.0. The highest BCUT2D eigenvalue weighted by molar-refractivity contribution is 5.72. The van der Waals surface area contributed by atoms with Gasteiger partial charge in [0.2, 0.25) is 0 Å². The Morgan fingerprint density at radius 2 is 2.25 bits per heavy atom. The summed E-state index contributed by atoms with van der Waals surface area (Å²) in [7, 11) is 0. The Labute approximate surface area is 181 Å². The van der Waals surface area contributed by atoms with E-state index < -0.39 is 12.7 Å². The Morgan fingerprint density at radius 1 is 1.41 bits per heavy atom. The van der Waals surface area contributed by atoms with E-state index >= 15 is 0 Å². The number of hydrogen-bond acceptors (Lipinski definition) is 8. The molecule has 3 aromatic rings. The van der Waals surface area contributed by atoms with Gasteiger partial charge >= 0.3 is 12.7 Å². The van der Waals surface area contributed by atoms with Crippen molar-refractivity contribution in [1.82, 2.24) is 30.1 Å². The van der Waals surface area contributed by atoms with Gasteiger partial charge in [-0.3, -0.25) is 5.10 Å². The molecule has 11 nitrogen and oxygen atoms in total. The maximum atomic E-state index is 12.3. The number of carbonyl (C=O) groups excluding carboxylic acids is 1. The maximum Gasteiger partial charge on any atom is 0.407 e. The van der Waals surface area contributed by atoms with Crippen LogP contribution in [0.3, 0.4) is 0 Å². The number of carbonyl (C=O) groups is 1. The van der Waals surface area contributed by atoms with Gasteiger partial charge in [0.15, 0.2) is 11.6 Å². The molecule has 1 fully saturated rings. The largest absolute Gasteiger partial charge is 0.444 e. The van der Waals surface area contributed by atoms with Crippen LogP contribution in [0.25, 0.3) is 5.52 Å². The molecule has 2 unspecified atom stereocenters. The third-order valence-corrected chi connectivity index (χ3v) is 4.63. The molecule has 0 saturated carbocycles. The molecule has 0 radical (unpaired) electrons. The van der Waals surface area contributed by atoms with E-state index in [9.17, 15) is 13.6 Å². The molecule has 32 heavy (non-hydrogen) atoms. The minimum atomic E-state index is -2.87. The molecule has 4 heterocycles. The van der Waals surface area contributed by atoms with Gasteiger partial charge in [-0.15, -0.1) is 0 Å². The van der Waals surface area contributed by atoms with Crippen LogP contribution in [0, 0.1) is 0 Å². The SMILES string of the molecule is CC(C)NC(=O)OC1COC(c2cc(Nc3nccn4nc(COC(F)F)cc34)n[nH]2)C1. The summed E-state index contributed by atoms with van der Waals surface area (Å²) in [5.74, 6) is 0.929. The average Bonchev–Trinajstić information content (AvgIpc) is 3.45. The Hall–Kier alpha value is -3.32. The third kappa shape index (κ3) is 5.29. The summed E-state index contributed by atoms with van der Waals surface area (Å²) in [5.41, 5.74) is 1.64. The van der Waals surface area contributed by atoms with Crippen molar-refractivity contribution in [3.8, 4) is 0 Å². The van der Waals surface area contributed by atoms with Crippen LogP contribution in [0.5, 0.6) is 0 Å². The van der Waals surface area contributed by atoms with Crippen LogP contribution in [-0.4, -0.2) is 56.3 Å². The molecule has 4 rings (SSSR count). The first kappa shape index (κ1) is 21.9. The van der Waals surface area contributed by atoms with Gasteiger partial charge < -0.3 is 24.8 Å². The number of ether oxygens (including phenoxy) is 3. The van der Waals surface area contributed by atoms with Crippen LogP contribution in [0.2, 0.25) is 0 Å². The van der Waals surface area contributed by atoms with E-state index in [1.807, 2.05) is 13.8 Å². The van der Waals surface area contributed by atoms with Crippen molar-refractivity contribution < 1.29 is 27.8 Å². The lowest BCUT2D eigenvalue weighted by Crippen LogP contribution is -2.33. The molecule has 3 aromatic heterocycles. The van der Waals surface area contributed by atoms with E-state index in [1.54, 1.807) is 18.3 Å². The number of nitrogens with zero attached hydrogens (tertiary/aromatic N) is 4. The second-order valence-electron chi connectivity index (χ2n) is 7.53. The molecule has 0 aliphatic carbocycles. The molecule has 1 saturated heterocycles. The minimum absolute atomic E-state index is 0.0105. The first-order chi connectivity index (χ1) is 15.4. The van der Waals surface area contributed by atoms with Gasteiger partial charge in [0, 0.05) is 30.9 Å². The first-order valence-electron chi connectivity index (χ1n) is 10.0. The van der Waals surface area contributed by atoms with Crippen molar-refractivity contribution in [3.05, 3.63) is 35.9 Å². The van der Waals surface area contributed by atoms with Gasteiger partial charge in [-0.1, -0.05) is 0 Å². The summed E-state index contributed by atoms with van der Waals surface area (Å²) in [6.07, 6.45) is 2.50. The van der Waals surface area contributed by atoms with E-state index in [-0.39, 0.29) is 31.5 Å². The molecular formula is C19H23F2N7O4. The summed E-state index contributed by atoms with van der Waals surface area (Å²) < 4.78 is 41.5. The zero-order valence-corrected chi connectivity index (χ0v) is 17.4. The van der Waals surface area contributed by atoms with Crippen LogP contribution in [0.4, 0.5) is 25.2 Å². The number of rotatable bonds is 8. The zero-order chi connectivity index (χ0) is 22.7. The van der Waals surface area contributed by atoms with Crippen molar-refractivity contribution >= 4 is 23.2 Å². The Bertz CT molecular complexity index is 1070. The number of nitrogens with one attached hydrogen (secondary N) is 3. The monoisotopic (exact) mass is 451 g/mol. The number of amides is 1. The molecule has 0 bridgehead atoms. The quantitative estimate of drug-likeness (QED) is 0.477. The number of alkyl halides is 2.